The van der Waals surface area contributed by atoms with Crippen LogP contribution in [0.3, 0.4) is 0 Å². The number of aromatic amines is 1. The quantitative estimate of drug-likeness (QED) is 0.389. The van der Waals surface area contributed by atoms with Gasteiger partial charge < -0.3 is 10.6 Å². The van der Waals surface area contributed by atoms with E-state index in [1.807, 2.05) is 6.08 Å². The van der Waals surface area contributed by atoms with Crippen molar-refractivity contribution in [2.45, 2.75) is 31.5 Å². The van der Waals surface area contributed by atoms with Crippen LogP contribution in [0, 0.1) is 5.95 Å². The molecule has 170 valence electrons. The fraction of sp³-hybridized carbons (Fsp3) is 0.227. The second-order valence-corrected chi connectivity index (χ2v) is 7.80. The molecule has 0 radical (unpaired) electrons. The molecule has 0 saturated carbocycles. The van der Waals surface area contributed by atoms with E-state index in [-0.39, 0.29) is 34.1 Å². The molecule has 3 aromatic heterocycles. The number of anilines is 1. The van der Waals surface area contributed by atoms with Crippen molar-refractivity contribution in [1.29, 1.82) is 0 Å². The van der Waals surface area contributed by atoms with Crippen molar-refractivity contribution in [1.82, 2.24) is 24.9 Å². The summed E-state index contributed by atoms with van der Waals surface area (Å²) in [5, 5.41) is 12.5. The third-order valence-electron chi connectivity index (χ3n) is 5.60. The van der Waals surface area contributed by atoms with Crippen LogP contribution in [0.15, 0.2) is 54.4 Å². The predicted octanol–water partition coefficient (Wildman–Crippen LogP) is 4.65. The van der Waals surface area contributed by atoms with E-state index < -0.39 is 17.8 Å². The zero-order valence-corrected chi connectivity index (χ0v) is 17.1. The van der Waals surface area contributed by atoms with Gasteiger partial charge in [0.2, 0.25) is 5.95 Å². The number of amides is 1. The molecule has 0 aliphatic heterocycles. The lowest BCUT2D eigenvalue weighted by molar-refractivity contribution is -0.140. The number of hydrogen-bond acceptors (Lipinski definition) is 4. The first-order valence-corrected chi connectivity index (χ1v) is 10.2. The Bertz CT molecular complexity index is 1390. The van der Waals surface area contributed by atoms with Crippen molar-refractivity contribution >= 4 is 28.3 Å². The summed E-state index contributed by atoms with van der Waals surface area (Å²) in [6.07, 6.45) is 0.0936. The second kappa shape index (κ2) is 7.91. The molecule has 33 heavy (non-hydrogen) atoms. The molecule has 3 N–H and O–H groups in total. The van der Waals surface area contributed by atoms with Crippen LogP contribution < -0.4 is 10.6 Å². The predicted molar refractivity (Wildman–Crippen MR) is 113 cm³/mol. The van der Waals surface area contributed by atoms with Gasteiger partial charge in [0, 0.05) is 17.9 Å². The van der Waals surface area contributed by atoms with Crippen molar-refractivity contribution in [3.63, 3.8) is 0 Å². The van der Waals surface area contributed by atoms with Crippen LogP contribution >= 0.6 is 0 Å². The van der Waals surface area contributed by atoms with Gasteiger partial charge in [-0.3, -0.25) is 14.3 Å². The minimum absolute atomic E-state index is 0.136. The van der Waals surface area contributed by atoms with Gasteiger partial charge in [-0.25, -0.2) is 4.98 Å². The number of carbonyl (C=O) groups excluding carboxylic acids is 1. The summed E-state index contributed by atoms with van der Waals surface area (Å²) in [5.74, 6) is -0.465. The summed E-state index contributed by atoms with van der Waals surface area (Å²) in [4.78, 5) is 16.3. The fourth-order valence-corrected chi connectivity index (χ4v) is 3.95. The maximum absolute atomic E-state index is 13.7. The van der Waals surface area contributed by atoms with Gasteiger partial charge in [-0.05, 0) is 43.5 Å². The van der Waals surface area contributed by atoms with Crippen molar-refractivity contribution in [3.05, 3.63) is 71.6 Å². The van der Waals surface area contributed by atoms with Gasteiger partial charge in [0.25, 0.3) is 5.91 Å². The minimum Gasteiger partial charge on any atom is -0.349 e. The molecule has 4 aromatic rings. The Kier molecular flexibility index (Phi) is 5.03. The Morgan fingerprint density at radius 3 is 2.76 bits per heavy atom. The number of para-hydroxylation sites is 1. The van der Waals surface area contributed by atoms with Gasteiger partial charge in [-0.1, -0.05) is 18.2 Å². The zero-order valence-electron chi connectivity index (χ0n) is 17.1. The van der Waals surface area contributed by atoms with Gasteiger partial charge in [0.15, 0.2) is 5.69 Å². The molecule has 1 unspecified atom stereocenters. The smallest absolute Gasteiger partial charge is 0.349 e. The lowest BCUT2D eigenvalue weighted by atomic mass is 9.98. The van der Waals surface area contributed by atoms with E-state index in [9.17, 15) is 22.4 Å². The van der Waals surface area contributed by atoms with E-state index in [0.29, 0.717) is 25.1 Å². The monoisotopic (exact) mass is 458 g/mol. The topological polar surface area (TPSA) is 87.1 Å². The number of halogens is 4. The highest BCUT2D eigenvalue weighted by Crippen LogP contribution is 2.30. The number of aromatic nitrogens is 4. The standard InChI is InChI=1S/C22H18F4N6O/c23-20-14-3-1-4-15(19(14)30-31-20)21(33)28-13-9-7-12(8-10-13)27-17-5-2-6-18-29-16(11-32(17)18)22(24,25)26/h1-7,11,13,27H,8-10H2,(H,28,33)(H,30,31). The van der Waals surface area contributed by atoms with E-state index in [0.717, 1.165) is 11.9 Å². The number of nitrogens with zero attached hydrogens (tertiary/aromatic N) is 3. The number of alkyl halides is 3. The highest BCUT2D eigenvalue weighted by Gasteiger charge is 2.34. The van der Waals surface area contributed by atoms with Crippen LogP contribution in [-0.4, -0.2) is 31.5 Å². The third kappa shape index (κ3) is 4.01. The van der Waals surface area contributed by atoms with Crippen LogP contribution in [0.2, 0.25) is 0 Å². The number of rotatable bonds is 4. The first kappa shape index (κ1) is 21.0. The summed E-state index contributed by atoms with van der Waals surface area (Å²) < 4.78 is 54.1. The van der Waals surface area contributed by atoms with Crippen LogP contribution in [0.5, 0.6) is 0 Å². The molecule has 5 rings (SSSR count). The average molecular weight is 458 g/mol. The Labute approximate surface area is 184 Å². The van der Waals surface area contributed by atoms with Crippen molar-refractivity contribution in [3.8, 4) is 0 Å². The number of nitrogens with one attached hydrogen (secondary N) is 3. The van der Waals surface area contributed by atoms with Gasteiger partial charge in [-0.15, -0.1) is 0 Å². The van der Waals surface area contributed by atoms with Gasteiger partial charge in [-0.2, -0.15) is 22.7 Å². The number of benzene rings is 1. The Morgan fingerprint density at radius 1 is 1.18 bits per heavy atom. The number of H-pyrrole nitrogens is 1. The molecule has 1 aliphatic carbocycles. The highest BCUT2D eigenvalue weighted by molar-refractivity contribution is 6.05. The number of allylic oxidation sites excluding steroid dienone is 1. The molecular formula is C22H18F4N6O. The largest absolute Gasteiger partial charge is 0.434 e. The zero-order chi connectivity index (χ0) is 23.2. The summed E-state index contributed by atoms with van der Waals surface area (Å²) >= 11 is 0. The summed E-state index contributed by atoms with van der Waals surface area (Å²) in [6, 6.07) is 9.41. The first-order chi connectivity index (χ1) is 15.8. The maximum atomic E-state index is 13.7. The number of carbonyl (C=O) groups is 1. The number of fused-ring (bicyclic) bond motifs is 2. The van der Waals surface area contributed by atoms with Crippen molar-refractivity contribution in [2.75, 3.05) is 5.32 Å². The maximum Gasteiger partial charge on any atom is 0.434 e. The van der Waals surface area contributed by atoms with Crippen LogP contribution in [-0.2, 0) is 6.18 Å². The minimum atomic E-state index is -4.52. The molecule has 3 heterocycles. The first-order valence-electron chi connectivity index (χ1n) is 10.2. The molecular weight excluding hydrogens is 440 g/mol. The molecule has 7 nitrogen and oxygen atoms in total. The fourth-order valence-electron chi connectivity index (χ4n) is 3.95. The summed E-state index contributed by atoms with van der Waals surface area (Å²) in [7, 11) is 0. The normalized spacial score (nSPS) is 16.7. The van der Waals surface area contributed by atoms with Crippen LogP contribution in [0.25, 0.3) is 16.6 Å². The molecule has 1 amide bonds. The van der Waals surface area contributed by atoms with E-state index in [4.69, 9.17) is 0 Å². The Balaban J connectivity index is 1.28. The molecule has 0 fully saturated rings. The second-order valence-electron chi connectivity index (χ2n) is 7.80. The van der Waals surface area contributed by atoms with E-state index >= 15 is 0 Å². The summed E-state index contributed by atoms with van der Waals surface area (Å²) in [6.45, 7) is 0. The molecule has 1 atom stereocenters. The lowest BCUT2D eigenvalue weighted by Gasteiger charge is -2.24. The average Bonchev–Trinajstić information content (AvgIpc) is 3.40. The molecule has 1 aromatic carbocycles. The van der Waals surface area contributed by atoms with E-state index in [2.05, 4.69) is 25.8 Å². The molecule has 1 aliphatic rings. The van der Waals surface area contributed by atoms with Crippen molar-refractivity contribution in [2.24, 2.45) is 0 Å². The molecule has 0 bridgehead atoms. The molecule has 11 heteroatoms. The number of pyridine rings is 1. The summed E-state index contributed by atoms with van der Waals surface area (Å²) in [5.41, 5.74) is 0.634. The van der Waals surface area contributed by atoms with Gasteiger partial charge in [0.05, 0.1) is 10.9 Å². The lowest BCUT2D eigenvalue weighted by Crippen LogP contribution is -2.36. The Morgan fingerprint density at radius 2 is 2.00 bits per heavy atom. The van der Waals surface area contributed by atoms with Gasteiger partial charge in [0.1, 0.15) is 17.0 Å². The number of imidazole rings is 1. The van der Waals surface area contributed by atoms with Crippen molar-refractivity contribution < 1.29 is 22.4 Å². The SMILES string of the molecule is O=C(NC1CC=C(Nc2cccc3nc(C(F)(F)F)cn23)CC1)c1cccc2c(F)[nH]nc12. The van der Waals surface area contributed by atoms with Crippen LogP contribution in [0.1, 0.15) is 35.3 Å². The molecule has 0 spiro atoms. The van der Waals surface area contributed by atoms with Gasteiger partial charge >= 0.3 is 6.18 Å². The van der Waals surface area contributed by atoms with Crippen LogP contribution in [0.4, 0.5) is 23.4 Å². The molecule has 0 saturated heterocycles. The highest BCUT2D eigenvalue weighted by atomic mass is 19.4. The van der Waals surface area contributed by atoms with E-state index in [1.165, 1.54) is 10.5 Å². The Hall–Kier alpha value is -3.89. The number of hydrogen-bond donors (Lipinski definition) is 3. The van der Waals surface area contributed by atoms with E-state index in [1.54, 1.807) is 30.3 Å². The third-order valence-corrected chi connectivity index (χ3v) is 5.60.